The summed E-state index contributed by atoms with van der Waals surface area (Å²) < 4.78 is 52.2. The first-order valence-electron chi connectivity index (χ1n) is 5.15. The molecule has 108 valence electrons. The predicted octanol–water partition coefficient (Wildman–Crippen LogP) is 6.65. The van der Waals surface area contributed by atoms with Gasteiger partial charge >= 0.3 is 6.18 Å². The molecule has 0 radical (unpaired) electrons. The highest BCUT2D eigenvalue weighted by Gasteiger charge is 2.34. The molecule has 0 saturated heterocycles. The lowest BCUT2D eigenvalue weighted by Gasteiger charge is -2.12. The minimum atomic E-state index is -4.76. The predicted molar refractivity (Wildman–Crippen MR) is 76.1 cm³/mol. The van der Waals surface area contributed by atoms with Gasteiger partial charge in [-0.05, 0) is 39.7 Å². The SMILES string of the molecule is Fc1ccc(C(Cl)c2cc(Br)c(Cl)s2)cc1C(F)(F)F. The van der Waals surface area contributed by atoms with E-state index < -0.39 is 22.9 Å². The molecule has 0 aliphatic rings. The molecule has 1 aromatic carbocycles. The van der Waals surface area contributed by atoms with Gasteiger partial charge in [0.1, 0.15) is 10.2 Å². The molecule has 0 bridgehead atoms. The van der Waals surface area contributed by atoms with E-state index in [2.05, 4.69) is 15.9 Å². The Balaban J connectivity index is 2.43. The van der Waals surface area contributed by atoms with Crippen LogP contribution in [-0.4, -0.2) is 0 Å². The van der Waals surface area contributed by atoms with Crippen molar-refractivity contribution in [1.29, 1.82) is 0 Å². The van der Waals surface area contributed by atoms with Crippen LogP contribution in [-0.2, 0) is 6.18 Å². The van der Waals surface area contributed by atoms with Crippen molar-refractivity contribution < 1.29 is 17.6 Å². The van der Waals surface area contributed by atoms with Gasteiger partial charge in [0.2, 0.25) is 0 Å². The summed E-state index contributed by atoms with van der Waals surface area (Å²) in [5, 5.41) is -0.828. The van der Waals surface area contributed by atoms with E-state index >= 15 is 0 Å². The van der Waals surface area contributed by atoms with Gasteiger partial charge in [-0.25, -0.2) is 4.39 Å². The van der Waals surface area contributed by atoms with Crippen LogP contribution in [0.1, 0.15) is 21.4 Å². The van der Waals surface area contributed by atoms with Gasteiger partial charge in [-0.2, -0.15) is 13.2 Å². The summed E-state index contributed by atoms with van der Waals surface area (Å²) in [4.78, 5) is 0.572. The van der Waals surface area contributed by atoms with Crippen LogP contribution in [0.25, 0.3) is 0 Å². The molecule has 0 N–H and O–H groups in total. The Morgan fingerprint density at radius 1 is 1.20 bits per heavy atom. The fourth-order valence-corrected chi connectivity index (χ4v) is 3.65. The number of thiophene rings is 1. The van der Waals surface area contributed by atoms with Crippen molar-refractivity contribution >= 4 is 50.5 Å². The van der Waals surface area contributed by atoms with Gasteiger partial charge in [-0.1, -0.05) is 17.7 Å². The van der Waals surface area contributed by atoms with E-state index in [1.165, 1.54) is 6.07 Å². The average molecular weight is 408 g/mol. The molecule has 0 fully saturated rings. The van der Waals surface area contributed by atoms with E-state index in [-0.39, 0.29) is 5.56 Å². The minimum absolute atomic E-state index is 0.158. The second-order valence-electron chi connectivity index (χ2n) is 3.87. The molecule has 0 spiro atoms. The Kier molecular flexibility index (Phi) is 4.69. The molecule has 0 nitrogen and oxygen atoms in total. The van der Waals surface area contributed by atoms with Crippen LogP contribution in [0.3, 0.4) is 0 Å². The Morgan fingerprint density at radius 2 is 1.85 bits per heavy atom. The van der Waals surface area contributed by atoms with Crippen molar-refractivity contribution in [3.05, 3.63) is 54.9 Å². The smallest absolute Gasteiger partial charge is 0.206 e. The normalized spacial score (nSPS) is 13.6. The van der Waals surface area contributed by atoms with Gasteiger partial charge in [0.15, 0.2) is 0 Å². The molecule has 8 heteroatoms. The average Bonchev–Trinajstić information content (AvgIpc) is 2.68. The van der Waals surface area contributed by atoms with Crippen molar-refractivity contribution in [1.82, 2.24) is 0 Å². The maximum atomic E-state index is 13.2. The maximum absolute atomic E-state index is 13.2. The zero-order valence-electron chi connectivity index (χ0n) is 9.44. The quantitative estimate of drug-likeness (QED) is 0.386. The maximum Gasteiger partial charge on any atom is 0.419 e. The Bertz CT molecular complexity index is 619. The van der Waals surface area contributed by atoms with E-state index in [0.717, 1.165) is 17.4 Å². The summed E-state index contributed by atoms with van der Waals surface area (Å²) in [6.45, 7) is 0. The van der Waals surface area contributed by atoms with E-state index in [1.54, 1.807) is 6.07 Å². The third-order valence-electron chi connectivity index (χ3n) is 2.50. The van der Waals surface area contributed by atoms with Crippen molar-refractivity contribution in [2.45, 2.75) is 11.6 Å². The topological polar surface area (TPSA) is 0 Å². The van der Waals surface area contributed by atoms with E-state index in [4.69, 9.17) is 23.2 Å². The monoisotopic (exact) mass is 406 g/mol. The number of hydrogen-bond donors (Lipinski definition) is 0. The van der Waals surface area contributed by atoms with Crippen LogP contribution in [0, 0.1) is 5.82 Å². The summed E-state index contributed by atoms with van der Waals surface area (Å²) in [5.74, 6) is -1.32. The fraction of sp³-hybridized carbons (Fsp3) is 0.167. The molecule has 0 aliphatic carbocycles. The van der Waals surface area contributed by atoms with Gasteiger partial charge in [0.25, 0.3) is 0 Å². The largest absolute Gasteiger partial charge is 0.419 e. The van der Waals surface area contributed by atoms with Gasteiger partial charge in [-0.15, -0.1) is 22.9 Å². The van der Waals surface area contributed by atoms with E-state index in [0.29, 0.717) is 19.8 Å². The molecule has 2 rings (SSSR count). The van der Waals surface area contributed by atoms with Crippen molar-refractivity contribution in [2.24, 2.45) is 0 Å². The van der Waals surface area contributed by atoms with Gasteiger partial charge in [-0.3, -0.25) is 0 Å². The lowest BCUT2D eigenvalue weighted by Crippen LogP contribution is -2.09. The number of hydrogen-bond acceptors (Lipinski definition) is 1. The standard InChI is InChI=1S/C12H5BrCl2F4S/c13-7-4-9(20-11(7)15)10(14)5-1-2-8(16)6(3-5)12(17,18)19/h1-4,10H. The van der Waals surface area contributed by atoms with Crippen LogP contribution in [0.15, 0.2) is 28.7 Å². The second kappa shape index (κ2) is 5.83. The van der Waals surface area contributed by atoms with Gasteiger partial charge < -0.3 is 0 Å². The molecule has 0 aliphatic heterocycles. The van der Waals surface area contributed by atoms with Crippen molar-refractivity contribution in [2.75, 3.05) is 0 Å². The highest BCUT2D eigenvalue weighted by molar-refractivity contribution is 9.10. The molecule has 0 amide bonds. The van der Waals surface area contributed by atoms with Crippen molar-refractivity contribution in [3.63, 3.8) is 0 Å². The number of alkyl halides is 4. The number of halogens is 7. The summed E-state index contributed by atoms with van der Waals surface area (Å²) >= 11 is 16.3. The first kappa shape index (κ1) is 16.1. The lowest BCUT2D eigenvalue weighted by atomic mass is 10.1. The van der Waals surface area contributed by atoms with Gasteiger partial charge in [0.05, 0.1) is 10.9 Å². The van der Waals surface area contributed by atoms with Crippen LogP contribution >= 0.6 is 50.5 Å². The van der Waals surface area contributed by atoms with Crippen LogP contribution in [0.4, 0.5) is 17.6 Å². The Hall–Kier alpha value is -0.300. The Labute approximate surface area is 134 Å². The summed E-state index contributed by atoms with van der Waals surface area (Å²) in [6, 6.07) is 4.33. The second-order valence-corrected chi connectivity index (χ2v) is 6.85. The zero-order chi connectivity index (χ0) is 15.1. The molecule has 20 heavy (non-hydrogen) atoms. The molecule has 0 saturated carbocycles. The van der Waals surface area contributed by atoms with Crippen LogP contribution < -0.4 is 0 Å². The fourth-order valence-electron chi connectivity index (χ4n) is 1.57. The minimum Gasteiger partial charge on any atom is -0.206 e. The zero-order valence-corrected chi connectivity index (χ0v) is 13.4. The lowest BCUT2D eigenvalue weighted by molar-refractivity contribution is -0.140. The molecule has 1 aromatic heterocycles. The number of benzene rings is 1. The van der Waals surface area contributed by atoms with Crippen LogP contribution in [0.5, 0.6) is 0 Å². The van der Waals surface area contributed by atoms with E-state index in [1.807, 2.05) is 0 Å². The highest BCUT2D eigenvalue weighted by atomic mass is 79.9. The van der Waals surface area contributed by atoms with Crippen LogP contribution in [0.2, 0.25) is 4.34 Å². The number of rotatable bonds is 2. The molecule has 2 aromatic rings. The summed E-state index contributed by atoms with van der Waals surface area (Å²) in [7, 11) is 0. The van der Waals surface area contributed by atoms with Crippen molar-refractivity contribution in [3.8, 4) is 0 Å². The van der Waals surface area contributed by atoms with E-state index in [9.17, 15) is 17.6 Å². The molecular formula is C12H5BrCl2F4S. The summed E-state index contributed by atoms with van der Waals surface area (Å²) in [5.41, 5.74) is -1.17. The highest BCUT2D eigenvalue weighted by Crippen LogP contribution is 2.41. The molecule has 1 heterocycles. The van der Waals surface area contributed by atoms with Gasteiger partial charge in [0, 0.05) is 9.35 Å². The first-order valence-corrected chi connectivity index (χ1v) is 7.58. The molecule has 1 unspecified atom stereocenters. The molecular weight excluding hydrogens is 403 g/mol. The third kappa shape index (κ3) is 3.30. The first-order chi connectivity index (χ1) is 9.20. The molecule has 1 atom stereocenters. The Morgan fingerprint density at radius 3 is 2.35 bits per heavy atom. The third-order valence-corrected chi connectivity index (χ3v) is 5.66. The summed E-state index contributed by atoms with van der Waals surface area (Å²) in [6.07, 6.45) is -4.76.